The molecule has 0 bridgehead atoms. The Kier molecular flexibility index (Phi) is 6.45. The summed E-state index contributed by atoms with van der Waals surface area (Å²) >= 11 is 0. The van der Waals surface area contributed by atoms with Crippen molar-refractivity contribution in [2.24, 2.45) is 5.92 Å². The number of aryl methyl sites for hydroxylation is 1. The Labute approximate surface area is 196 Å². The van der Waals surface area contributed by atoms with Crippen molar-refractivity contribution in [1.29, 1.82) is 0 Å². The highest BCUT2D eigenvalue weighted by molar-refractivity contribution is 6.09. The molecule has 0 saturated carbocycles. The van der Waals surface area contributed by atoms with Gasteiger partial charge in [0.05, 0.1) is 0 Å². The number of aromatic nitrogens is 1. The summed E-state index contributed by atoms with van der Waals surface area (Å²) in [6, 6.07) is 25.6. The highest BCUT2D eigenvalue weighted by Gasteiger charge is 2.20. The minimum absolute atomic E-state index is 0.0972. The zero-order valence-electron chi connectivity index (χ0n) is 19.5. The topological polar surface area (TPSA) is 37.3 Å². The van der Waals surface area contributed by atoms with Crippen molar-refractivity contribution >= 4 is 33.4 Å². The maximum absolute atomic E-state index is 12.7. The average molecular weight is 440 g/mol. The van der Waals surface area contributed by atoms with Crippen molar-refractivity contribution in [3.8, 4) is 0 Å². The lowest BCUT2D eigenvalue weighted by molar-refractivity contribution is -0.116. The predicted molar refractivity (Wildman–Crippen MR) is 138 cm³/mol. The number of para-hydroxylation sites is 1. The van der Waals surface area contributed by atoms with Crippen molar-refractivity contribution in [2.45, 2.75) is 39.2 Å². The van der Waals surface area contributed by atoms with Crippen LogP contribution in [0.25, 0.3) is 21.8 Å². The first-order valence-electron chi connectivity index (χ1n) is 12.3. The first-order chi connectivity index (χ1) is 16.2. The number of benzene rings is 3. The third-order valence-corrected chi connectivity index (χ3v) is 7.10. The summed E-state index contributed by atoms with van der Waals surface area (Å²) < 4.78 is 2.33. The molecule has 4 nitrogen and oxygen atoms in total. The summed E-state index contributed by atoms with van der Waals surface area (Å²) in [5, 5.41) is 5.57. The summed E-state index contributed by atoms with van der Waals surface area (Å²) in [6.45, 7) is 6.12. The molecule has 33 heavy (non-hydrogen) atoms. The molecule has 4 heteroatoms. The molecule has 0 unspecified atom stereocenters. The number of nitrogens with zero attached hydrogens (tertiary/aromatic N) is 2. The fourth-order valence-corrected chi connectivity index (χ4v) is 5.32. The van der Waals surface area contributed by atoms with Crippen molar-refractivity contribution in [3.63, 3.8) is 0 Å². The van der Waals surface area contributed by atoms with Crippen LogP contribution < -0.4 is 5.32 Å². The van der Waals surface area contributed by atoms with E-state index in [1.54, 1.807) is 0 Å². The van der Waals surface area contributed by atoms with Gasteiger partial charge in [0, 0.05) is 47.0 Å². The van der Waals surface area contributed by atoms with Crippen molar-refractivity contribution in [1.82, 2.24) is 9.47 Å². The normalized spacial score (nSPS) is 15.3. The van der Waals surface area contributed by atoms with Gasteiger partial charge in [-0.2, -0.15) is 0 Å². The van der Waals surface area contributed by atoms with Gasteiger partial charge in [0.1, 0.15) is 0 Å². The number of rotatable bonds is 7. The smallest absolute Gasteiger partial charge is 0.225 e. The lowest BCUT2D eigenvalue weighted by Crippen LogP contribution is -2.36. The number of piperidine rings is 1. The Bertz CT molecular complexity index is 1240. The standard InChI is InChI=1S/C29H33N3O/c1-2-32-27-11-7-6-10-25(27)26-21-24(12-13-28(26)32)30-29(33)16-19-31-17-14-23(15-18-31)20-22-8-4-3-5-9-22/h3-13,21,23H,2,14-20H2,1H3,(H,30,33). The number of carbonyl (C=O) groups is 1. The molecular formula is C29H33N3O. The van der Waals surface area contributed by atoms with Gasteiger partial charge in [0.2, 0.25) is 5.91 Å². The highest BCUT2D eigenvalue weighted by Crippen LogP contribution is 2.31. The van der Waals surface area contributed by atoms with Crippen LogP contribution in [0.1, 0.15) is 31.7 Å². The van der Waals surface area contributed by atoms with E-state index >= 15 is 0 Å². The molecule has 0 radical (unpaired) electrons. The van der Waals surface area contributed by atoms with E-state index in [1.165, 1.54) is 46.6 Å². The number of amides is 1. The summed E-state index contributed by atoms with van der Waals surface area (Å²) in [5.74, 6) is 0.856. The molecule has 4 aromatic rings. The van der Waals surface area contributed by atoms with Gasteiger partial charge >= 0.3 is 0 Å². The Morgan fingerprint density at radius 2 is 1.64 bits per heavy atom. The third kappa shape index (κ3) is 4.81. The third-order valence-electron chi connectivity index (χ3n) is 7.10. The van der Waals surface area contributed by atoms with Crippen LogP contribution in [-0.4, -0.2) is 35.0 Å². The van der Waals surface area contributed by atoms with Crippen LogP contribution in [0, 0.1) is 5.92 Å². The number of fused-ring (bicyclic) bond motifs is 3. The molecule has 1 saturated heterocycles. The molecule has 1 aromatic heterocycles. The minimum atomic E-state index is 0.0972. The highest BCUT2D eigenvalue weighted by atomic mass is 16.1. The molecule has 5 rings (SSSR count). The fourth-order valence-electron chi connectivity index (χ4n) is 5.32. The second-order valence-electron chi connectivity index (χ2n) is 9.27. The molecule has 1 aliphatic rings. The van der Waals surface area contributed by atoms with Crippen LogP contribution in [0.5, 0.6) is 0 Å². The van der Waals surface area contributed by atoms with Gasteiger partial charge in [-0.05, 0) is 75.0 Å². The van der Waals surface area contributed by atoms with E-state index < -0.39 is 0 Å². The molecule has 2 heterocycles. The van der Waals surface area contributed by atoms with Crippen LogP contribution in [0.2, 0.25) is 0 Å². The Morgan fingerprint density at radius 1 is 0.909 bits per heavy atom. The molecule has 1 N–H and O–H groups in total. The average Bonchev–Trinajstić information content (AvgIpc) is 3.17. The van der Waals surface area contributed by atoms with Gasteiger partial charge in [0.15, 0.2) is 0 Å². The molecular weight excluding hydrogens is 406 g/mol. The van der Waals surface area contributed by atoms with E-state index in [-0.39, 0.29) is 5.91 Å². The largest absolute Gasteiger partial charge is 0.341 e. The van der Waals surface area contributed by atoms with Gasteiger partial charge < -0.3 is 14.8 Å². The molecule has 170 valence electrons. The maximum Gasteiger partial charge on any atom is 0.225 e. The first-order valence-corrected chi connectivity index (χ1v) is 12.3. The Balaban J connectivity index is 1.15. The molecule has 1 amide bonds. The van der Waals surface area contributed by atoms with Crippen LogP contribution in [-0.2, 0) is 17.8 Å². The van der Waals surface area contributed by atoms with Crippen LogP contribution in [0.15, 0.2) is 72.8 Å². The SMILES string of the molecule is CCn1c2ccccc2c2cc(NC(=O)CCN3CCC(Cc4ccccc4)CC3)ccc21. The summed E-state index contributed by atoms with van der Waals surface area (Å²) in [5.41, 5.74) is 4.78. The first kappa shape index (κ1) is 21.7. The summed E-state index contributed by atoms with van der Waals surface area (Å²) in [4.78, 5) is 15.1. The van der Waals surface area contributed by atoms with E-state index in [4.69, 9.17) is 0 Å². The summed E-state index contributed by atoms with van der Waals surface area (Å²) in [6.07, 6.45) is 4.15. The number of nitrogens with one attached hydrogen (secondary N) is 1. The molecule has 1 aliphatic heterocycles. The van der Waals surface area contributed by atoms with Gasteiger partial charge in [-0.25, -0.2) is 0 Å². The number of likely N-dealkylation sites (tertiary alicyclic amines) is 1. The number of hydrogen-bond acceptors (Lipinski definition) is 2. The zero-order valence-corrected chi connectivity index (χ0v) is 19.5. The van der Waals surface area contributed by atoms with Gasteiger partial charge in [0.25, 0.3) is 0 Å². The van der Waals surface area contributed by atoms with E-state index in [2.05, 4.69) is 88.4 Å². The Hall–Kier alpha value is -3.11. The van der Waals surface area contributed by atoms with Crippen LogP contribution in [0.3, 0.4) is 0 Å². The molecule has 1 fully saturated rings. The lowest BCUT2D eigenvalue weighted by Gasteiger charge is -2.31. The van der Waals surface area contributed by atoms with E-state index in [1.807, 2.05) is 6.07 Å². The second kappa shape index (κ2) is 9.80. The molecule has 0 spiro atoms. The zero-order chi connectivity index (χ0) is 22.6. The summed E-state index contributed by atoms with van der Waals surface area (Å²) in [7, 11) is 0. The molecule has 3 aromatic carbocycles. The van der Waals surface area contributed by atoms with Gasteiger partial charge in [-0.3, -0.25) is 4.79 Å². The lowest BCUT2D eigenvalue weighted by atomic mass is 9.90. The van der Waals surface area contributed by atoms with Crippen LogP contribution >= 0.6 is 0 Å². The number of anilines is 1. The quantitative estimate of drug-likeness (QED) is 0.378. The Morgan fingerprint density at radius 3 is 2.42 bits per heavy atom. The van der Waals surface area contributed by atoms with E-state index in [9.17, 15) is 4.79 Å². The van der Waals surface area contributed by atoms with Crippen LogP contribution in [0.4, 0.5) is 5.69 Å². The van der Waals surface area contributed by atoms with Crippen molar-refractivity contribution in [3.05, 3.63) is 78.4 Å². The molecule has 0 aliphatic carbocycles. The fraction of sp³-hybridized carbons (Fsp3) is 0.345. The predicted octanol–water partition coefficient (Wildman–Crippen LogP) is 6.10. The maximum atomic E-state index is 12.7. The van der Waals surface area contributed by atoms with Crippen molar-refractivity contribution < 1.29 is 4.79 Å². The monoisotopic (exact) mass is 439 g/mol. The second-order valence-corrected chi connectivity index (χ2v) is 9.27. The van der Waals surface area contributed by atoms with Gasteiger partial charge in [-0.1, -0.05) is 48.5 Å². The van der Waals surface area contributed by atoms with Crippen molar-refractivity contribution in [2.75, 3.05) is 25.0 Å². The number of carbonyl (C=O) groups excluding carboxylic acids is 1. The minimum Gasteiger partial charge on any atom is -0.341 e. The van der Waals surface area contributed by atoms with E-state index in [0.29, 0.717) is 6.42 Å². The number of hydrogen-bond donors (Lipinski definition) is 1. The molecule has 0 atom stereocenters. The van der Waals surface area contributed by atoms with Gasteiger partial charge in [-0.15, -0.1) is 0 Å². The van der Waals surface area contributed by atoms with E-state index in [0.717, 1.165) is 37.8 Å².